The molecule has 0 saturated carbocycles. The fourth-order valence-electron chi connectivity index (χ4n) is 2.89. The molecule has 5 nitrogen and oxygen atoms in total. The van der Waals surface area contributed by atoms with Crippen LogP contribution in [0.2, 0.25) is 5.02 Å². The van der Waals surface area contributed by atoms with E-state index in [1.165, 1.54) is 0 Å². The van der Waals surface area contributed by atoms with Crippen LogP contribution in [0.4, 0.5) is 0 Å². The van der Waals surface area contributed by atoms with Gasteiger partial charge in [0.2, 0.25) is 0 Å². The molecule has 1 saturated heterocycles. The quantitative estimate of drug-likeness (QED) is 0.716. The Kier molecular flexibility index (Phi) is 4.78. The lowest BCUT2D eigenvalue weighted by Gasteiger charge is -2.22. The maximum atomic E-state index is 6.26. The number of nitrogens with zero attached hydrogens (tertiary/aromatic N) is 3. The Labute approximate surface area is 151 Å². The van der Waals surface area contributed by atoms with Gasteiger partial charge in [0.1, 0.15) is 6.10 Å². The zero-order chi connectivity index (χ0) is 17.1. The van der Waals surface area contributed by atoms with E-state index < -0.39 is 0 Å². The lowest BCUT2D eigenvalue weighted by atomic mass is 10.1. The zero-order valence-electron chi connectivity index (χ0n) is 13.6. The first-order valence-corrected chi connectivity index (χ1v) is 8.61. The standard InChI is InChI=1S/C19H18ClN3O2/c20-17-5-2-7-21-19(17)15-4-1-3-14(11-15)18-6-8-23(22-18)12-16-13-24-9-10-25-16/h1-8,11,16H,9-10,12-13H2/t16-/m0/s1. The van der Waals surface area contributed by atoms with Gasteiger partial charge < -0.3 is 9.47 Å². The number of pyridine rings is 1. The van der Waals surface area contributed by atoms with Crippen LogP contribution in [0.15, 0.2) is 54.9 Å². The molecule has 0 spiro atoms. The number of hydrogen-bond donors (Lipinski definition) is 0. The highest BCUT2D eigenvalue weighted by atomic mass is 35.5. The molecule has 0 radical (unpaired) electrons. The summed E-state index contributed by atoms with van der Waals surface area (Å²) in [6, 6.07) is 13.8. The molecule has 1 aliphatic rings. The zero-order valence-corrected chi connectivity index (χ0v) is 14.4. The monoisotopic (exact) mass is 355 g/mol. The van der Waals surface area contributed by atoms with Gasteiger partial charge in [-0.2, -0.15) is 5.10 Å². The first-order valence-electron chi connectivity index (χ1n) is 8.24. The number of rotatable bonds is 4. The van der Waals surface area contributed by atoms with Crippen molar-refractivity contribution in [3.8, 4) is 22.5 Å². The number of benzene rings is 1. The predicted octanol–water partition coefficient (Wildman–Crippen LogP) is 3.68. The van der Waals surface area contributed by atoms with E-state index >= 15 is 0 Å². The number of aromatic nitrogens is 3. The molecule has 128 valence electrons. The van der Waals surface area contributed by atoms with Crippen molar-refractivity contribution in [3.05, 3.63) is 59.9 Å². The number of ether oxygens (including phenoxy) is 2. The molecule has 4 rings (SSSR count). The summed E-state index contributed by atoms with van der Waals surface area (Å²) in [5.41, 5.74) is 3.68. The highest BCUT2D eigenvalue weighted by molar-refractivity contribution is 6.33. The molecule has 1 atom stereocenters. The molecule has 1 aromatic carbocycles. The third kappa shape index (κ3) is 3.74. The minimum atomic E-state index is 0.0557. The summed E-state index contributed by atoms with van der Waals surface area (Å²) in [5.74, 6) is 0. The minimum absolute atomic E-state index is 0.0557. The average Bonchev–Trinajstić information content (AvgIpc) is 3.12. The first-order chi connectivity index (χ1) is 12.3. The lowest BCUT2D eigenvalue weighted by Crippen LogP contribution is -2.32. The van der Waals surface area contributed by atoms with Gasteiger partial charge in [0.25, 0.3) is 0 Å². The summed E-state index contributed by atoms with van der Waals surface area (Å²) in [7, 11) is 0. The molecule has 1 aliphatic heterocycles. The number of halogens is 1. The smallest absolute Gasteiger partial charge is 0.100 e. The second-order valence-corrected chi connectivity index (χ2v) is 6.31. The summed E-state index contributed by atoms with van der Waals surface area (Å²) in [6.45, 7) is 2.62. The van der Waals surface area contributed by atoms with Crippen LogP contribution in [0.5, 0.6) is 0 Å². The predicted molar refractivity (Wildman–Crippen MR) is 96.5 cm³/mol. The van der Waals surface area contributed by atoms with Crippen molar-refractivity contribution < 1.29 is 9.47 Å². The van der Waals surface area contributed by atoms with Crippen LogP contribution in [0.3, 0.4) is 0 Å². The summed E-state index contributed by atoms with van der Waals surface area (Å²) >= 11 is 6.26. The molecule has 25 heavy (non-hydrogen) atoms. The molecule has 0 N–H and O–H groups in total. The summed E-state index contributed by atoms with van der Waals surface area (Å²) < 4.78 is 13.0. The lowest BCUT2D eigenvalue weighted by molar-refractivity contribution is -0.0946. The third-order valence-electron chi connectivity index (χ3n) is 4.11. The molecule has 0 bridgehead atoms. The van der Waals surface area contributed by atoms with Gasteiger partial charge in [0, 0.05) is 23.5 Å². The summed E-state index contributed by atoms with van der Waals surface area (Å²) in [6.07, 6.45) is 3.77. The van der Waals surface area contributed by atoms with Crippen molar-refractivity contribution >= 4 is 11.6 Å². The summed E-state index contributed by atoms with van der Waals surface area (Å²) in [5, 5.41) is 5.30. The van der Waals surface area contributed by atoms with Crippen LogP contribution in [0.25, 0.3) is 22.5 Å². The fourth-order valence-corrected chi connectivity index (χ4v) is 3.12. The van der Waals surface area contributed by atoms with Crippen LogP contribution in [0, 0.1) is 0 Å². The highest BCUT2D eigenvalue weighted by Crippen LogP contribution is 2.28. The molecule has 1 fully saturated rings. The normalized spacial score (nSPS) is 17.6. The molecule has 0 aliphatic carbocycles. The SMILES string of the molecule is Clc1cccnc1-c1cccc(-c2ccn(C[C@H]3COCCO3)n2)c1. The van der Waals surface area contributed by atoms with Crippen LogP contribution in [-0.2, 0) is 16.0 Å². The van der Waals surface area contributed by atoms with Crippen LogP contribution in [-0.4, -0.2) is 40.7 Å². The van der Waals surface area contributed by atoms with Crippen molar-refractivity contribution in [1.82, 2.24) is 14.8 Å². The van der Waals surface area contributed by atoms with E-state index in [-0.39, 0.29) is 6.10 Å². The van der Waals surface area contributed by atoms with E-state index in [4.69, 9.17) is 21.1 Å². The van der Waals surface area contributed by atoms with Gasteiger partial charge >= 0.3 is 0 Å². The van der Waals surface area contributed by atoms with E-state index in [9.17, 15) is 0 Å². The van der Waals surface area contributed by atoms with E-state index in [1.54, 1.807) is 6.20 Å². The Hall–Kier alpha value is -2.21. The van der Waals surface area contributed by atoms with Crippen molar-refractivity contribution in [1.29, 1.82) is 0 Å². The van der Waals surface area contributed by atoms with E-state index in [0.29, 0.717) is 31.4 Å². The Balaban J connectivity index is 1.56. The van der Waals surface area contributed by atoms with Crippen LogP contribution >= 0.6 is 11.6 Å². The van der Waals surface area contributed by atoms with Crippen molar-refractivity contribution in [2.75, 3.05) is 19.8 Å². The number of hydrogen-bond acceptors (Lipinski definition) is 4. The topological polar surface area (TPSA) is 49.2 Å². The van der Waals surface area contributed by atoms with Gasteiger partial charge in [0.05, 0.1) is 42.8 Å². The van der Waals surface area contributed by atoms with Crippen molar-refractivity contribution in [3.63, 3.8) is 0 Å². The minimum Gasteiger partial charge on any atom is -0.376 e. The Morgan fingerprint density at radius 2 is 2.04 bits per heavy atom. The fraction of sp³-hybridized carbons (Fsp3) is 0.263. The van der Waals surface area contributed by atoms with Gasteiger partial charge in [-0.25, -0.2) is 0 Å². The maximum Gasteiger partial charge on any atom is 0.100 e. The second-order valence-electron chi connectivity index (χ2n) is 5.91. The maximum absolute atomic E-state index is 6.26. The molecule has 0 unspecified atom stereocenters. The molecule has 3 aromatic rings. The first kappa shape index (κ1) is 16.3. The van der Waals surface area contributed by atoms with Gasteiger partial charge in [-0.05, 0) is 24.3 Å². The van der Waals surface area contributed by atoms with E-state index in [2.05, 4.69) is 16.1 Å². The third-order valence-corrected chi connectivity index (χ3v) is 4.41. The Morgan fingerprint density at radius 1 is 1.12 bits per heavy atom. The van der Waals surface area contributed by atoms with Gasteiger partial charge in [-0.3, -0.25) is 9.67 Å². The molecule has 0 amide bonds. The Morgan fingerprint density at radius 3 is 2.88 bits per heavy atom. The summed E-state index contributed by atoms with van der Waals surface area (Å²) in [4.78, 5) is 4.38. The molecule has 3 heterocycles. The average molecular weight is 356 g/mol. The largest absolute Gasteiger partial charge is 0.376 e. The van der Waals surface area contributed by atoms with Crippen LogP contribution < -0.4 is 0 Å². The van der Waals surface area contributed by atoms with Crippen LogP contribution in [0.1, 0.15) is 0 Å². The molecular formula is C19H18ClN3O2. The van der Waals surface area contributed by atoms with Crippen molar-refractivity contribution in [2.24, 2.45) is 0 Å². The van der Waals surface area contributed by atoms with Gasteiger partial charge in [0.15, 0.2) is 0 Å². The molecule has 6 heteroatoms. The van der Waals surface area contributed by atoms with E-state index in [1.807, 2.05) is 47.3 Å². The second kappa shape index (κ2) is 7.35. The van der Waals surface area contributed by atoms with E-state index in [0.717, 1.165) is 22.5 Å². The molecular weight excluding hydrogens is 338 g/mol. The van der Waals surface area contributed by atoms with Gasteiger partial charge in [-0.1, -0.05) is 29.8 Å². The molecule has 2 aromatic heterocycles. The van der Waals surface area contributed by atoms with Crippen molar-refractivity contribution in [2.45, 2.75) is 12.6 Å². The highest BCUT2D eigenvalue weighted by Gasteiger charge is 2.15. The Bertz CT molecular complexity index is 859. The van der Waals surface area contributed by atoms with Gasteiger partial charge in [-0.15, -0.1) is 0 Å².